The summed E-state index contributed by atoms with van der Waals surface area (Å²) in [6, 6.07) is 25.0. The molecular weight excluding hydrogens is 456 g/mol. The lowest BCUT2D eigenvalue weighted by molar-refractivity contribution is 0.415. The van der Waals surface area contributed by atoms with E-state index >= 15 is 0 Å². The molecule has 5 aromatic rings. The van der Waals surface area contributed by atoms with E-state index in [1.165, 1.54) is 0 Å². The zero-order valence-corrected chi connectivity index (χ0v) is 18.1. The van der Waals surface area contributed by atoms with Crippen molar-refractivity contribution in [2.24, 2.45) is 0 Å². The Morgan fingerprint density at radius 3 is 2.23 bits per heavy atom. The first-order valence-corrected chi connectivity index (χ1v) is 10.4. The Morgan fingerprint density at radius 2 is 1.55 bits per heavy atom. The van der Waals surface area contributed by atoms with Gasteiger partial charge in [0.2, 0.25) is 0 Å². The van der Waals surface area contributed by atoms with Gasteiger partial charge in [0.1, 0.15) is 17.4 Å². The number of nitrogens with one attached hydrogen (secondary N) is 1. The predicted octanol–water partition coefficient (Wildman–Crippen LogP) is 5.21. The first-order chi connectivity index (χ1) is 15.1. The number of imidazole rings is 1. The zero-order chi connectivity index (χ0) is 21.4. The van der Waals surface area contributed by atoms with Gasteiger partial charge in [-0.1, -0.05) is 46.3 Å². The highest BCUT2D eigenvalue weighted by molar-refractivity contribution is 9.10. The summed E-state index contributed by atoms with van der Waals surface area (Å²) in [7, 11) is 1.61. The number of benzene rings is 3. The Bertz CT molecular complexity index is 1420. The molecule has 31 heavy (non-hydrogen) atoms. The third-order valence-corrected chi connectivity index (χ3v) is 5.53. The van der Waals surface area contributed by atoms with Gasteiger partial charge in [-0.2, -0.15) is 0 Å². The Labute approximate surface area is 186 Å². The second kappa shape index (κ2) is 7.85. The lowest BCUT2D eigenvalue weighted by Gasteiger charge is -2.09. The van der Waals surface area contributed by atoms with E-state index in [0.717, 1.165) is 27.0 Å². The molecule has 0 amide bonds. The number of para-hydroxylation sites is 1. The molecule has 0 aliphatic heterocycles. The molecule has 152 valence electrons. The monoisotopic (exact) mass is 472 g/mol. The molecule has 3 aromatic carbocycles. The summed E-state index contributed by atoms with van der Waals surface area (Å²) < 4.78 is 8.11. The molecule has 0 aliphatic carbocycles. The summed E-state index contributed by atoms with van der Waals surface area (Å²) in [5.74, 6) is 1.86. The highest BCUT2D eigenvalue weighted by Crippen LogP contribution is 2.28. The van der Waals surface area contributed by atoms with E-state index in [0.29, 0.717) is 22.8 Å². The minimum Gasteiger partial charge on any atom is -0.497 e. The van der Waals surface area contributed by atoms with Gasteiger partial charge in [-0.25, -0.2) is 9.97 Å². The molecule has 0 aliphatic rings. The minimum atomic E-state index is -0.288. The van der Waals surface area contributed by atoms with Crippen LogP contribution in [0.15, 0.2) is 88.1 Å². The highest BCUT2D eigenvalue weighted by Gasteiger charge is 2.19. The number of halogens is 1. The van der Waals surface area contributed by atoms with E-state index in [1.54, 1.807) is 7.11 Å². The van der Waals surface area contributed by atoms with Gasteiger partial charge in [-0.3, -0.25) is 9.36 Å². The lowest BCUT2D eigenvalue weighted by atomic mass is 10.2. The summed E-state index contributed by atoms with van der Waals surface area (Å²) in [5, 5.41) is 0. The number of fused-ring (bicyclic) bond motifs is 1. The first kappa shape index (κ1) is 19.3. The van der Waals surface area contributed by atoms with Gasteiger partial charge in [-0.05, 0) is 48.5 Å². The van der Waals surface area contributed by atoms with Crippen LogP contribution < -0.4 is 10.3 Å². The van der Waals surface area contributed by atoms with Crippen LogP contribution in [0.1, 0.15) is 0 Å². The van der Waals surface area contributed by atoms with Crippen LogP contribution in [-0.4, -0.2) is 26.6 Å². The van der Waals surface area contributed by atoms with Gasteiger partial charge < -0.3 is 9.72 Å². The summed E-state index contributed by atoms with van der Waals surface area (Å²) >= 11 is 3.47. The van der Waals surface area contributed by atoms with E-state index in [4.69, 9.17) is 9.72 Å². The fourth-order valence-electron chi connectivity index (χ4n) is 3.47. The standard InChI is InChI=1S/C24H17BrN4O2/c1-31-19-13-9-15(10-14-19)21-27-23-20(24(30)28-21)26-22(16-7-11-17(25)12-8-16)29(23)18-5-3-2-4-6-18/h2-14H,1H3,(H,27,28,30). The van der Waals surface area contributed by atoms with Crippen LogP contribution in [0.5, 0.6) is 5.75 Å². The molecule has 0 saturated heterocycles. The minimum absolute atomic E-state index is 0.288. The third kappa shape index (κ3) is 3.53. The number of hydrogen-bond donors (Lipinski definition) is 1. The predicted molar refractivity (Wildman–Crippen MR) is 125 cm³/mol. The molecule has 0 fully saturated rings. The van der Waals surface area contributed by atoms with Gasteiger partial charge >= 0.3 is 0 Å². The first-order valence-electron chi connectivity index (χ1n) is 9.62. The number of H-pyrrole nitrogens is 1. The molecule has 0 radical (unpaired) electrons. The SMILES string of the molecule is COc1ccc(-c2nc3c(nc(-c4ccc(Br)cc4)n3-c3ccccc3)c(=O)[nH]2)cc1. The van der Waals surface area contributed by atoms with Crippen molar-refractivity contribution in [2.45, 2.75) is 0 Å². The fourth-order valence-corrected chi connectivity index (χ4v) is 3.73. The molecule has 1 N–H and O–H groups in total. The van der Waals surface area contributed by atoms with Crippen LogP contribution in [0, 0.1) is 0 Å². The molecule has 0 unspecified atom stereocenters. The van der Waals surface area contributed by atoms with Crippen molar-refractivity contribution in [1.29, 1.82) is 0 Å². The van der Waals surface area contributed by atoms with Crippen molar-refractivity contribution in [3.05, 3.63) is 93.7 Å². The molecule has 7 heteroatoms. The van der Waals surface area contributed by atoms with Crippen molar-refractivity contribution >= 4 is 27.1 Å². The summed E-state index contributed by atoms with van der Waals surface area (Å²) in [6.07, 6.45) is 0. The number of aromatic nitrogens is 4. The largest absolute Gasteiger partial charge is 0.497 e. The normalized spacial score (nSPS) is 11.0. The van der Waals surface area contributed by atoms with Crippen LogP contribution in [0.25, 0.3) is 39.6 Å². The topological polar surface area (TPSA) is 72.8 Å². The molecular formula is C24H17BrN4O2. The average Bonchev–Trinajstić information content (AvgIpc) is 3.20. The maximum atomic E-state index is 13.0. The maximum Gasteiger partial charge on any atom is 0.279 e. The number of nitrogens with zero attached hydrogens (tertiary/aromatic N) is 3. The van der Waals surface area contributed by atoms with Crippen LogP contribution in [0.3, 0.4) is 0 Å². The molecule has 0 bridgehead atoms. The summed E-state index contributed by atoms with van der Waals surface area (Å²) in [5.41, 5.74) is 3.05. The lowest BCUT2D eigenvalue weighted by Crippen LogP contribution is -2.10. The maximum absolute atomic E-state index is 13.0. The number of aromatic amines is 1. The Hall–Kier alpha value is -3.71. The number of hydrogen-bond acceptors (Lipinski definition) is 4. The zero-order valence-electron chi connectivity index (χ0n) is 16.5. The molecule has 2 aromatic heterocycles. The summed E-state index contributed by atoms with van der Waals surface area (Å²) in [4.78, 5) is 25.3. The van der Waals surface area contributed by atoms with E-state index in [9.17, 15) is 4.79 Å². The van der Waals surface area contributed by atoms with E-state index in [-0.39, 0.29) is 5.56 Å². The number of ether oxygens (including phenoxy) is 1. The highest BCUT2D eigenvalue weighted by atomic mass is 79.9. The van der Waals surface area contributed by atoms with Crippen molar-refractivity contribution < 1.29 is 4.74 Å². The molecule has 2 heterocycles. The molecule has 0 spiro atoms. The smallest absolute Gasteiger partial charge is 0.279 e. The second-order valence-corrected chi connectivity index (χ2v) is 7.84. The van der Waals surface area contributed by atoms with E-state index in [1.807, 2.05) is 83.4 Å². The average molecular weight is 473 g/mol. The van der Waals surface area contributed by atoms with Crippen molar-refractivity contribution in [2.75, 3.05) is 7.11 Å². The van der Waals surface area contributed by atoms with Crippen molar-refractivity contribution in [3.8, 4) is 34.2 Å². The number of methoxy groups -OCH3 is 1. The third-order valence-electron chi connectivity index (χ3n) is 5.00. The van der Waals surface area contributed by atoms with Crippen LogP contribution in [-0.2, 0) is 0 Å². The van der Waals surface area contributed by atoms with Crippen molar-refractivity contribution in [1.82, 2.24) is 19.5 Å². The number of rotatable bonds is 4. The van der Waals surface area contributed by atoms with Crippen LogP contribution in [0.4, 0.5) is 0 Å². The molecule has 6 nitrogen and oxygen atoms in total. The van der Waals surface area contributed by atoms with Gasteiger partial charge in [0.25, 0.3) is 5.56 Å². The van der Waals surface area contributed by atoms with E-state index in [2.05, 4.69) is 25.9 Å². The molecule has 0 atom stereocenters. The van der Waals surface area contributed by atoms with Crippen LogP contribution >= 0.6 is 15.9 Å². The van der Waals surface area contributed by atoms with Gasteiger partial charge in [0.05, 0.1) is 7.11 Å². The Kier molecular flexibility index (Phi) is 4.88. The molecule has 0 saturated carbocycles. The van der Waals surface area contributed by atoms with E-state index < -0.39 is 0 Å². The van der Waals surface area contributed by atoms with Gasteiger partial charge in [-0.15, -0.1) is 0 Å². The quantitative estimate of drug-likeness (QED) is 0.389. The fraction of sp³-hybridized carbons (Fsp3) is 0.0417. The van der Waals surface area contributed by atoms with Gasteiger partial charge in [0, 0.05) is 21.3 Å². The van der Waals surface area contributed by atoms with Crippen LogP contribution in [0.2, 0.25) is 0 Å². The van der Waals surface area contributed by atoms with Gasteiger partial charge in [0.15, 0.2) is 11.2 Å². The Morgan fingerprint density at radius 1 is 0.871 bits per heavy atom. The summed E-state index contributed by atoms with van der Waals surface area (Å²) in [6.45, 7) is 0. The second-order valence-electron chi connectivity index (χ2n) is 6.93. The molecule has 5 rings (SSSR count). The Balaban J connectivity index is 1.79. The van der Waals surface area contributed by atoms with Crippen molar-refractivity contribution in [3.63, 3.8) is 0 Å².